The van der Waals surface area contributed by atoms with Crippen molar-refractivity contribution in [2.45, 2.75) is 13.8 Å². The number of anilines is 1. The van der Waals surface area contributed by atoms with Gasteiger partial charge in [0.2, 0.25) is 0 Å². The first-order valence-corrected chi connectivity index (χ1v) is 7.19. The summed E-state index contributed by atoms with van der Waals surface area (Å²) < 4.78 is 0. The minimum Gasteiger partial charge on any atom is -0.412 e. The van der Waals surface area contributed by atoms with Crippen LogP contribution in [-0.4, -0.2) is 46.1 Å². The van der Waals surface area contributed by atoms with Crippen LogP contribution in [0.5, 0.6) is 0 Å². The third-order valence-corrected chi connectivity index (χ3v) is 3.20. The predicted octanol–water partition coefficient (Wildman–Crippen LogP) is 0.437. The van der Waals surface area contributed by atoms with E-state index in [-0.39, 0.29) is 22.6 Å². The Morgan fingerprint density at radius 1 is 1.17 bits per heavy atom. The first-order chi connectivity index (χ1) is 10.7. The van der Waals surface area contributed by atoms with Crippen LogP contribution < -0.4 is 10.3 Å². The summed E-state index contributed by atoms with van der Waals surface area (Å²) in [6, 6.07) is 8.01. The van der Waals surface area contributed by atoms with Gasteiger partial charge in [-0.1, -0.05) is 12.1 Å². The Hall–Kier alpha value is -2.84. The van der Waals surface area contributed by atoms with Gasteiger partial charge >= 0.3 is 0 Å². The summed E-state index contributed by atoms with van der Waals surface area (Å²) in [5.74, 6) is -0.385. The molecule has 1 amide bonds. The summed E-state index contributed by atoms with van der Waals surface area (Å²) in [7, 11) is 0. The van der Waals surface area contributed by atoms with E-state index in [0.717, 1.165) is 18.7 Å². The number of hydrogen-bond donors (Lipinski definition) is 1. The fourth-order valence-corrected chi connectivity index (χ4v) is 2.00. The molecular weight excluding hydrogens is 310 g/mol. The average Bonchev–Trinajstić information content (AvgIpc) is 2.58. The maximum Gasteiger partial charge on any atom is 0.291 e. The highest BCUT2D eigenvalue weighted by Gasteiger charge is 2.04. The predicted molar refractivity (Wildman–Crippen MR) is 94.3 cm³/mol. The van der Waals surface area contributed by atoms with Crippen molar-refractivity contribution in [2.24, 2.45) is 5.10 Å². The molecule has 8 nitrogen and oxygen atoms in total. The Labute approximate surface area is 140 Å². The van der Waals surface area contributed by atoms with Gasteiger partial charge in [-0.05, 0) is 31.5 Å². The van der Waals surface area contributed by atoms with Crippen LogP contribution in [0.25, 0.3) is 0 Å². The largest absolute Gasteiger partial charge is 0.412 e. The number of benzene rings is 1. The number of hydrogen-bond acceptors (Lipinski definition) is 5. The van der Waals surface area contributed by atoms with Gasteiger partial charge in [-0.3, -0.25) is 9.78 Å². The average molecular weight is 333 g/mol. The molecule has 5 N–H and O–H groups in total. The number of nitrogens with one attached hydrogen (secondary N) is 1. The maximum atomic E-state index is 11.7. The van der Waals surface area contributed by atoms with Gasteiger partial charge in [0.25, 0.3) is 5.91 Å². The molecule has 0 aliphatic heterocycles. The zero-order valence-corrected chi connectivity index (χ0v) is 13.7. The number of rotatable bonds is 6. The molecule has 1 heterocycles. The molecule has 0 bridgehead atoms. The quantitative estimate of drug-likeness (QED) is 0.606. The lowest BCUT2D eigenvalue weighted by Crippen LogP contribution is -2.21. The van der Waals surface area contributed by atoms with Crippen LogP contribution in [0.15, 0.2) is 48.0 Å². The van der Waals surface area contributed by atoms with Gasteiger partial charge in [-0.25, -0.2) is 10.4 Å². The highest BCUT2D eigenvalue weighted by atomic mass is 16.2. The Bertz CT molecular complexity index is 628. The fraction of sp³-hybridized carbons (Fsp3) is 0.250. The van der Waals surface area contributed by atoms with Crippen LogP contribution in [0.1, 0.15) is 29.9 Å². The zero-order valence-electron chi connectivity index (χ0n) is 13.7. The van der Waals surface area contributed by atoms with Crippen LogP contribution in [0, 0.1) is 0 Å². The third kappa shape index (κ3) is 5.75. The highest BCUT2D eigenvalue weighted by Crippen LogP contribution is 2.13. The van der Waals surface area contributed by atoms with Crippen LogP contribution in [-0.2, 0) is 0 Å². The van der Waals surface area contributed by atoms with Crippen molar-refractivity contribution in [1.29, 1.82) is 0 Å². The molecule has 1 aromatic carbocycles. The van der Waals surface area contributed by atoms with Gasteiger partial charge in [0.15, 0.2) is 0 Å². The van der Waals surface area contributed by atoms with Gasteiger partial charge in [0.05, 0.1) is 12.4 Å². The second-order valence-electron chi connectivity index (χ2n) is 4.55. The highest BCUT2D eigenvalue weighted by molar-refractivity contribution is 5.92. The summed E-state index contributed by atoms with van der Waals surface area (Å²) in [4.78, 5) is 21.7. The summed E-state index contributed by atoms with van der Waals surface area (Å²) in [5.41, 5.74) is 4.74. The van der Waals surface area contributed by atoms with Crippen molar-refractivity contribution in [3.05, 3.63) is 54.1 Å². The van der Waals surface area contributed by atoms with Crippen molar-refractivity contribution >= 4 is 17.8 Å². The number of carbonyl (C=O) groups excluding carboxylic acids is 1. The lowest BCUT2D eigenvalue weighted by Gasteiger charge is -2.20. The molecule has 130 valence electrons. The Morgan fingerprint density at radius 3 is 2.38 bits per heavy atom. The van der Waals surface area contributed by atoms with E-state index < -0.39 is 0 Å². The number of amides is 1. The molecule has 0 spiro atoms. The molecular formula is C16H23N5O3. The van der Waals surface area contributed by atoms with E-state index in [1.165, 1.54) is 24.3 Å². The van der Waals surface area contributed by atoms with Crippen LogP contribution in [0.3, 0.4) is 0 Å². The van der Waals surface area contributed by atoms with Crippen molar-refractivity contribution in [3.63, 3.8) is 0 Å². The molecule has 0 radical (unpaired) electrons. The smallest absolute Gasteiger partial charge is 0.291 e. The molecule has 0 aliphatic rings. The van der Waals surface area contributed by atoms with E-state index in [1.54, 1.807) is 6.21 Å². The summed E-state index contributed by atoms with van der Waals surface area (Å²) in [6.45, 7) is 6.19. The topological polar surface area (TPSA) is 133 Å². The zero-order chi connectivity index (χ0) is 15.8. The molecule has 24 heavy (non-hydrogen) atoms. The molecule has 0 saturated carbocycles. The van der Waals surface area contributed by atoms with Crippen molar-refractivity contribution in [3.8, 4) is 0 Å². The van der Waals surface area contributed by atoms with Gasteiger partial charge in [0.1, 0.15) is 5.69 Å². The second kappa shape index (κ2) is 10.8. The third-order valence-electron chi connectivity index (χ3n) is 3.20. The maximum absolute atomic E-state index is 11.7. The van der Waals surface area contributed by atoms with Crippen molar-refractivity contribution < 1.29 is 15.7 Å². The minimum atomic E-state index is -0.385. The van der Waals surface area contributed by atoms with Gasteiger partial charge in [0, 0.05) is 31.2 Å². The lowest BCUT2D eigenvalue weighted by molar-refractivity contribution is 0.0949. The van der Waals surface area contributed by atoms with Crippen LogP contribution >= 0.6 is 0 Å². The molecule has 2 rings (SSSR count). The normalized spacial score (nSPS) is 9.75. The Kier molecular flexibility index (Phi) is 9.53. The number of hydrazone groups is 1. The van der Waals surface area contributed by atoms with Gasteiger partial charge in [-0.2, -0.15) is 5.10 Å². The Morgan fingerprint density at radius 2 is 1.83 bits per heavy atom. The van der Waals surface area contributed by atoms with Crippen LogP contribution in [0.2, 0.25) is 0 Å². The molecule has 0 unspecified atom stereocenters. The van der Waals surface area contributed by atoms with Crippen LogP contribution in [0.4, 0.5) is 5.69 Å². The molecule has 0 aliphatic carbocycles. The van der Waals surface area contributed by atoms with Crippen molar-refractivity contribution in [2.75, 3.05) is 18.0 Å². The number of carbonyl (C=O) groups is 1. The molecule has 8 heteroatoms. The number of aromatic nitrogens is 2. The molecule has 0 saturated heterocycles. The van der Waals surface area contributed by atoms with Gasteiger partial charge in [-0.15, -0.1) is 0 Å². The van der Waals surface area contributed by atoms with E-state index in [9.17, 15) is 4.79 Å². The molecule has 1 aromatic heterocycles. The minimum absolute atomic E-state index is 0. The van der Waals surface area contributed by atoms with E-state index in [4.69, 9.17) is 0 Å². The number of nitrogens with zero attached hydrogens (tertiary/aromatic N) is 4. The SMILES string of the molecule is CCN(CC)c1ccc(/C=N/NC(=O)c2cnccn2)cc1.O.O. The van der Waals surface area contributed by atoms with Crippen molar-refractivity contribution in [1.82, 2.24) is 15.4 Å². The first-order valence-electron chi connectivity index (χ1n) is 7.19. The lowest BCUT2D eigenvalue weighted by atomic mass is 10.2. The fourth-order valence-electron chi connectivity index (χ4n) is 2.00. The molecule has 0 atom stereocenters. The van der Waals surface area contributed by atoms with Gasteiger partial charge < -0.3 is 15.9 Å². The van der Waals surface area contributed by atoms with E-state index >= 15 is 0 Å². The monoisotopic (exact) mass is 333 g/mol. The second-order valence-corrected chi connectivity index (χ2v) is 4.55. The summed E-state index contributed by atoms with van der Waals surface area (Å²) in [5, 5.41) is 3.93. The van der Waals surface area contributed by atoms with E-state index in [1.807, 2.05) is 24.3 Å². The van der Waals surface area contributed by atoms with E-state index in [0.29, 0.717) is 0 Å². The standard InChI is InChI=1S/C16H19N5O.2H2O/c1-3-21(4-2)14-7-5-13(6-8-14)11-19-20-16(22)15-12-17-9-10-18-15;;/h5-12H,3-4H2,1-2H3,(H,20,22);2*1H2/b19-11+;;. The Balaban J connectivity index is 0.00000264. The summed E-state index contributed by atoms with van der Waals surface area (Å²) in [6.07, 6.45) is 5.96. The van der Waals surface area contributed by atoms with E-state index in [2.05, 4.69) is 39.2 Å². The molecule has 2 aromatic rings. The molecule has 0 fully saturated rings. The first kappa shape index (κ1) is 21.2. The summed E-state index contributed by atoms with van der Waals surface area (Å²) >= 11 is 0.